The Morgan fingerprint density at radius 1 is 0.635 bits per heavy atom. The van der Waals surface area contributed by atoms with Crippen molar-refractivity contribution in [3.05, 3.63) is 143 Å². The zero-order valence-corrected chi connectivity index (χ0v) is 28.7. The minimum Gasteiger partial charge on any atom is -0.322 e. The van der Waals surface area contributed by atoms with Crippen LogP contribution in [0.5, 0.6) is 0 Å². The summed E-state index contributed by atoms with van der Waals surface area (Å²) in [5.74, 6) is -2.13. The molecular formula is C41H41F3N6O2. The van der Waals surface area contributed by atoms with Gasteiger partial charge in [-0.05, 0) is 41.3 Å². The Morgan fingerprint density at radius 2 is 0.981 bits per heavy atom. The van der Waals surface area contributed by atoms with Crippen molar-refractivity contribution < 1.29 is 22.8 Å². The Bertz CT molecular complexity index is 1800. The van der Waals surface area contributed by atoms with Crippen molar-refractivity contribution in [3.63, 3.8) is 0 Å². The number of nitrogens with zero attached hydrogens (tertiary/aromatic N) is 4. The van der Waals surface area contributed by atoms with Crippen molar-refractivity contribution in [1.82, 2.24) is 9.80 Å². The normalized spacial score (nSPS) is 21.3. The molecule has 4 aromatic carbocycles. The molecule has 0 spiro atoms. The van der Waals surface area contributed by atoms with E-state index in [1.54, 1.807) is 12.1 Å². The second kappa shape index (κ2) is 17.1. The van der Waals surface area contributed by atoms with Crippen LogP contribution in [0.4, 0.5) is 13.2 Å². The fourth-order valence-corrected chi connectivity index (χ4v) is 6.95. The van der Waals surface area contributed by atoms with Crippen molar-refractivity contribution >= 4 is 11.8 Å². The van der Waals surface area contributed by atoms with Crippen LogP contribution in [-0.4, -0.2) is 71.2 Å². The van der Waals surface area contributed by atoms with E-state index >= 15 is 0 Å². The van der Waals surface area contributed by atoms with Crippen LogP contribution in [0.2, 0.25) is 0 Å². The number of carbonyl (C=O) groups is 2. The molecule has 4 aromatic rings. The number of hydrogen-bond acceptors (Lipinski definition) is 6. The minimum atomic E-state index is -1.23. The van der Waals surface area contributed by atoms with Gasteiger partial charge in [-0.15, -0.1) is 0 Å². The van der Waals surface area contributed by atoms with Gasteiger partial charge in [0.1, 0.15) is 30.2 Å². The quantitative estimate of drug-likeness (QED) is 0.242. The van der Waals surface area contributed by atoms with Gasteiger partial charge >= 0.3 is 0 Å². The van der Waals surface area contributed by atoms with Crippen LogP contribution in [0.15, 0.2) is 109 Å². The number of rotatable bonds is 8. The highest BCUT2D eigenvalue weighted by molar-refractivity contribution is 5.85. The molecule has 2 saturated heterocycles. The number of nitriles is 2. The maximum atomic E-state index is 13.7. The van der Waals surface area contributed by atoms with Gasteiger partial charge in [0.2, 0.25) is 11.8 Å². The molecule has 2 aliphatic rings. The smallest absolute Gasteiger partial charge is 0.241 e. The SMILES string of the molecule is Cc1ccc(C(c2ccc(F)cc2)[C@H](N)C(=O)N2C[C@@H](F)C[C@H]2C#N)cc1.N#C[C@@H]1C[C@H](F)CN1C(=O)[C@@H](N)C(c1ccccc1)c1ccccc1. The Labute approximate surface area is 302 Å². The van der Waals surface area contributed by atoms with E-state index in [0.717, 1.165) is 22.3 Å². The highest BCUT2D eigenvalue weighted by Gasteiger charge is 2.41. The molecule has 52 heavy (non-hydrogen) atoms. The van der Waals surface area contributed by atoms with Crippen molar-refractivity contribution in [2.24, 2.45) is 11.5 Å². The molecule has 0 radical (unpaired) electrons. The number of likely N-dealkylation sites (tertiary alicyclic amines) is 2. The summed E-state index contributed by atoms with van der Waals surface area (Å²) in [5, 5.41) is 18.4. The first-order valence-corrected chi connectivity index (χ1v) is 17.1. The maximum Gasteiger partial charge on any atom is 0.241 e. The summed E-state index contributed by atoms with van der Waals surface area (Å²) in [4.78, 5) is 28.4. The summed E-state index contributed by atoms with van der Waals surface area (Å²) >= 11 is 0. The summed E-state index contributed by atoms with van der Waals surface area (Å²) in [6.45, 7) is 1.75. The summed E-state index contributed by atoms with van der Waals surface area (Å²) in [6, 6.07) is 33.0. The number of aryl methyl sites for hydroxylation is 1. The third kappa shape index (κ3) is 8.68. The van der Waals surface area contributed by atoms with Gasteiger partial charge < -0.3 is 21.3 Å². The molecular weight excluding hydrogens is 665 g/mol. The highest BCUT2D eigenvalue weighted by Crippen LogP contribution is 2.32. The van der Waals surface area contributed by atoms with Crippen LogP contribution >= 0.6 is 0 Å². The molecule has 11 heteroatoms. The van der Waals surface area contributed by atoms with Gasteiger partial charge in [0.05, 0.1) is 37.3 Å². The van der Waals surface area contributed by atoms with Gasteiger partial charge in [-0.3, -0.25) is 9.59 Å². The molecule has 7 atom stereocenters. The lowest BCUT2D eigenvalue weighted by Gasteiger charge is -2.29. The summed E-state index contributed by atoms with van der Waals surface area (Å²) in [5.41, 5.74) is 17.0. The maximum absolute atomic E-state index is 13.7. The van der Waals surface area contributed by atoms with Gasteiger partial charge in [-0.1, -0.05) is 103 Å². The van der Waals surface area contributed by atoms with E-state index < -0.39 is 48.3 Å². The third-order valence-electron chi connectivity index (χ3n) is 9.64. The number of amides is 2. The lowest BCUT2D eigenvalue weighted by Crippen LogP contribution is -2.49. The lowest BCUT2D eigenvalue weighted by atomic mass is 9.84. The topological polar surface area (TPSA) is 140 Å². The molecule has 6 rings (SSSR count). The van der Waals surface area contributed by atoms with E-state index in [-0.39, 0.29) is 43.6 Å². The molecule has 0 bridgehead atoms. The average Bonchev–Trinajstić information content (AvgIpc) is 3.75. The van der Waals surface area contributed by atoms with Gasteiger partial charge in [0, 0.05) is 24.7 Å². The van der Waals surface area contributed by atoms with Crippen LogP contribution in [0.25, 0.3) is 0 Å². The Balaban J connectivity index is 0.000000202. The average molecular weight is 707 g/mol. The third-order valence-corrected chi connectivity index (χ3v) is 9.64. The second-order valence-corrected chi connectivity index (χ2v) is 13.2. The molecule has 268 valence electrons. The first-order valence-electron chi connectivity index (χ1n) is 17.1. The zero-order chi connectivity index (χ0) is 37.4. The minimum absolute atomic E-state index is 0.000701. The van der Waals surface area contributed by atoms with Crippen LogP contribution in [0.3, 0.4) is 0 Å². The number of hydrogen-bond donors (Lipinski definition) is 2. The predicted molar refractivity (Wildman–Crippen MR) is 191 cm³/mol. The molecule has 2 heterocycles. The first-order chi connectivity index (χ1) is 25.0. The number of carbonyl (C=O) groups excluding carboxylic acids is 2. The molecule has 0 aliphatic carbocycles. The Morgan fingerprint density at radius 3 is 1.35 bits per heavy atom. The monoisotopic (exact) mass is 706 g/mol. The van der Waals surface area contributed by atoms with E-state index in [0.29, 0.717) is 5.56 Å². The van der Waals surface area contributed by atoms with Gasteiger partial charge in [-0.2, -0.15) is 10.5 Å². The molecule has 8 nitrogen and oxygen atoms in total. The Kier molecular flexibility index (Phi) is 12.5. The van der Waals surface area contributed by atoms with Crippen LogP contribution < -0.4 is 11.5 Å². The van der Waals surface area contributed by atoms with Gasteiger partial charge in [0.15, 0.2) is 0 Å². The van der Waals surface area contributed by atoms with Gasteiger partial charge in [0.25, 0.3) is 0 Å². The van der Waals surface area contributed by atoms with Crippen molar-refractivity contribution in [3.8, 4) is 12.1 Å². The van der Waals surface area contributed by atoms with Crippen molar-refractivity contribution in [1.29, 1.82) is 10.5 Å². The summed E-state index contributed by atoms with van der Waals surface area (Å²) in [7, 11) is 0. The molecule has 0 saturated carbocycles. The first kappa shape index (κ1) is 37.8. The standard InChI is InChI=1S/C21H21F2N3O.C20H20FN3O/c1-13-2-4-14(5-3-13)19(15-6-8-16(22)9-7-15)20(25)21(27)26-12-17(23)10-18(26)11-24;21-16-11-17(12-22)24(13-16)20(25)19(23)18(14-7-3-1-4-8-14)15-9-5-2-6-10-15/h2-9,17-20H,10,12,25H2,1H3;1-10,16-19H,11,13,23H2/t17-,18-,19?,20-;16-,17-,19-/m00/s1. The van der Waals surface area contributed by atoms with E-state index in [2.05, 4.69) is 0 Å². The zero-order valence-electron chi connectivity index (χ0n) is 28.7. The second-order valence-electron chi connectivity index (χ2n) is 13.2. The van der Waals surface area contributed by atoms with E-state index in [1.807, 2.05) is 104 Å². The largest absolute Gasteiger partial charge is 0.322 e. The fourth-order valence-electron chi connectivity index (χ4n) is 6.95. The molecule has 4 N–H and O–H groups in total. The summed E-state index contributed by atoms with van der Waals surface area (Å²) < 4.78 is 40.8. The lowest BCUT2D eigenvalue weighted by molar-refractivity contribution is -0.133. The van der Waals surface area contributed by atoms with Crippen LogP contribution in [-0.2, 0) is 9.59 Å². The molecule has 2 aliphatic heterocycles. The molecule has 2 fully saturated rings. The number of alkyl halides is 2. The van der Waals surface area contributed by atoms with Crippen LogP contribution in [0.1, 0.15) is 52.5 Å². The van der Waals surface area contributed by atoms with Crippen molar-refractivity contribution in [2.75, 3.05) is 13.1 Å². The van der Waals surface area contributed by atoms with E-state index in [9.17, 15) is 33.3 Å². The number of nitrogens with two attached hydrogens (primary N) is 2. The van der Waals surface area contributed by atoms with E-state index in [1.165, 1.54) is 21.9 Å². The Hall–Kier alpha value is -5.49. The summed E-state index contributed by atoms with van der Waals surface area (Å²) in [6.07, 6.45) is -2.35. The van der Waals surface area contributed by atoms with E-state index in [4.69, 9.17) is 11.5 Å². The molecule has 0 aromatic heterocycles. The number of halogens is 3. The van der Waals surface area contributed by atoms with Crippen LogP contribution in [0, 0.1) is 35.4 Å². The number of benzene rings is 4. The molecule has 2 amide bonds. The van der Waals surface area contributed by atoms with Gasteiger partial charge in [-0.25, -0.2) is 13.2 Å². The highest BCUT2D eigenvalue weighted by atomic mass is 19.1. The van der Waals surface area contributed by atoms with Crippen molar-refractivity contribution in [2.45, 2.75) is 68.1 Å². The molecule has 1 unspecified atom stereocenters. The fraction of sp³-hybridized carbons (Fsp3) is 0.317. The predicted octanol–water partition coefficient (Wildman–Crippen LogP) is 5.66.